The molecule has 2 N–H and O–H groups in total. The van der Waals surface area contributed by atoms with E-state index in [9.17, 15) is 0 Å². The van der Waals surface area contributed by atoms with Crippen molar-refractivity contribution in [3.05, 3.63) is 65.6 Å². The number of fused-ring (bicyclic) bond motifs is 1. The predicted octanol–water partition coefficient (Wildman–Crippen LogP) is 4.91. The molecule has 3 heterocycles. The van der Waals surface area contributed by atoms with Gasteiger partial charge in [-0.2, -0.15) is 0 Å². The summed E-state index contributed by atoms with van der Waals surface area (Å²) in [6, 6.07) is 13.6. The first-order valence-corrected chi connectivity index (χ1v) is 9.10. The van der Waals surface area contributed by atoms with E-state index in [2.05, 4.69) is 20.3 Å². The first-order valence-electron chi connectivity index (χ1n) is 8.73. The third kappa shape index (κ3) is 3.59. The van der Waals surface area contributed by atoms with Crippen molar-refractivity contribution in [2.45, 2.75) is 6.54 Å². The SMILES string of the molecule is COc1ccc(CNc2cc(-c3c[nH]c4ncccc34)cc(Cl)n2)cc1OC. The topological polar surface area (TPSA) is 72.1 Å². The third-order valence-electron chi connectivity index (χ3n) is 4.48. The Morgan fingerprint density at radius 2 is 1.93 bits per heavy atom. The monoisotopic (exact) mass is 394 g/mol. The van der Waals surface area contributed by atoms with Crippen molar-refractivity contribution in [3.63, 3.8) is 0 Å². The van der Waals surface area contributed by atoms with Crippen molar-refractivity contribution in [2.24, 2.45) is 0 Å². The zero-order valence-corrected chi connectivity index (χ0v) is 16.2. The van der Waals surface area contributed by atoms with Crippen LogP contribution in [0, 0.1) is 0 Å². The maximum Gasteiger partial charge on any atom is 0.161 e. The fraction of sp³-hybridized carbons (Fsp3) is 0.143. The number of anilines is 1. The number of nitrogens with zero attached hydrogens (tertiary/aromatic N) is 2. The number of pyridine rings is 2. The second-order valence-electron chi connectivity index (χ2n) is 6.21. The Balaban J connectivity index is 1.60. The third-order valence-corrected chi connectivity index (χ3v) is 4.67. The number of aromatic amines is 1. The summed E-state index contributed by atoms with van der Waals surface area (Å²) in [6.45, 7) is 0.572. The molecule has 0 spiro atoms. The number of H-pyrrole nitrogens is 1. The van der Waals surface area contributed by atoms with E-state index in [1.165, 1.54) is 0 Å². The molecule has 0 saturated carbocycles. The zero-order valence-electron chi connectivity index (χ0n) is 15.5. The van der Waals surface area contributed by atoms with Crippen molar-refractivity contribution < 1.29 is 9.47 Å². The van der Waals surface area contributed by atoms with Gasteiger partial charge in [0.1, 0.15) is 16.6 Å². The van der Waals surface area contributed by atoms with Gasteiger partial charge in [-0.05, 0) is 47.5 Å². The fourth-order valence-electron chi connectivity index (χ4n) is 3.12. The van der Waals surface area contributed by atoms with E-state index in [-0.39, 0.29) is 0 Å². The molecule has 0 amide bonds. The lowest BCUT2D eigenvalue weighted by Gasteiger charge is -2.11. The van der Waals surface area contributed by atoms with Crippen LogP contribution < -0.4 is 14.8 Å². The van der Waals surface area contributed by atoms with Gasteiger partial charge in [-0.1, -0.05) is 17.7 Å². The summed E-state index contributed by atoms with van der Waals surface area (Å²) in [6.07, 6.45) is 3.69. The van der Waals surface area contributed by atoms with Crippen LogP contribution >= 0.6 is 11.6 Å². The van der Waals surface area contributed by atoms with Gasteiger partial charge in [0.25, 0.3) is 0 Å². The number of aromatic nitrogens is 3. The highest BCUT2D eigenvalue weighted by Gasteiger charge is 2.10. The molecule has 7 heteroatoms. The Morgan fingerprint density at radius 1 is 1.07 bits per heavy atom. The van der Waals surface area contributed by atoms with Crippen LogP contribution in [0.2, 0.25) is 5.15 Å². The summed E-state index contributed by atoms with van der Waals surface area (Å²) in [7, 11) is 3.24. The number of benzene rings is 1. The molecule has 0 aliphatic heterocycles. The molecule has 0 fully saturated rings. The van der Waals surface area contributed by atoms with Crippen molar-refractivity contribution in [3.8, 4) is 22.6 Å². The van der Waals surface area contributed by atoms with Crippen LogP contribution in [0.15, 0.2) is 54.9 Å². The van der Waals surface area contributed by atoms with Crippen LogP contribution in [0.4, 0.5) is 5.82 Å². The number of hydrogen-bond donors (Lipinski definition) is 2. The minimum Gasteiger partial charge on any atom is -0.493 e. The van der Waals surface area contributed by atoms with Gasteiger partial charge in [0.15, 0.2) is 11.5 Å². The fourth-order valence-corrected chi connectivity index (χ4v) is 3.33. The maximum atomic E-state index is 6.27. The molecule has 0 aliphatic carbocycles. The van der Waals surface area contributed by atoms with Gasteiger partial charge in [-0.25, -0.2) is 9.97 Å². The molecule has 28 heavy (non-hydrogen) atoms. The highest BCUT2D eigenvalue weighted by atomic mass is 35.5. The Morgan fingerprint density at radius 3 is 2.75 bits per heavy atom. The normalized spacial score (nSPS) is 10.8. The number of halogens is 1. The van der Waals surface area contributed by atoms with E-state index in [0.29, 0.717) is 29.0 Å². The van der Waals surface area contributed by atoms with Gasteiger partial charge in [0, 0.05) is 29.9 Å². The number of methoxy groups -OCH3 is 2. The predicted molar refractivity (Wildman–Crippen MR) is 111 cm³/mol. The van der Waals surface area contributed by atoms with Crippen LogP contribution in [0.5, 0.6) is 11.5 Å². The van der Waals surface area contributed by atoms with Gasteiger partial charge >= 0.3 is 0 Å². The van der Waals surface area contributed by atoms with Crippen LogP contribution in [0.25, 0.3) is 22.2 Å². The van der Waals surface area contributed by atoms with Gasteiger partial charge in [0.05, 0.1) is 14.2 Å². The maximum absolute atomic E-state index is 6.27. The molecule has 6 nitrogen and oxygen atoms in total. The number of ether oxygens (including phenoxy) is 2. The minimum atomic E-state index is 0.422. The minimum absolute atomic E-state index is 0.422. The lowest BCUT2D eigenvalue weighted by atomic mass is 10.1. The second kappa shape index (κ2) is 7.78. The summed E-state index contributed by atoms with van der Waals surface area (Å²) in [5, 5.41) is 4.78. The van der Waals surface area contributed by atoms with E-state index in [1.54, 1.807) is 20.4 Å². The van der Waals surface area contributed by atoms with Gasteiger partial charge in [-0.15, -0.1) is 0 Å². The number of nitrogens with one attached hydrogen (secondary N) is 2. The molecule has 0 aliphatic rings. The highest BCUT2D eigenvalue weighted by Crippen LogP contribution is 2.31. The number of rotatable bonds is 6. The van der Waals surface area contributed by atoms with Crippen LogP contribution in [-0.2, 0) is 6.54 Å². The molecule has 4 aromatic rings. The van der Waals surface area contributed by atoms with E-state index >= 15 is 0 Å². The van der Waals surface area contributed by atoms with Gasteiger partial charge in [-0.3, -0.25) is 0 Å². The highest BCUT2D eigenvalue weighted by molar-refractivity contribution is 6.29. The molecule has 3 aromatic heterocycles. The van der Waals surface area contributed by atoms with Gasteiger partial charge in [0.2, 0.25) is 0 Å². The van der Waals surface area contributed by atoms with Crippen molar-refractivity contribution in [2.75, 3.05) is 19.5 Å². The van der Waals surface area contributed by atoms with E-state index < -0.39 is 0 Å². The molecule has 0 atom stereocenters. The molecule has 1 aromatic carbocycles. The van der Waals surface area contributed by atoms with Crippen LogP contribution in [-0.4, -0.2) is 29.2 Å². The summed E-state index contributed by atoms with van der Waals surface area (Å²) in [5.41, 5.74) is 3.87. The molecule has 0 unspecified atom stereocenters. The van der Waals surface area contributed by atoms with Crippen LogP contribution in [0.3, 0.4) is 0 Å². The van der Waals surface area contributed by atoms with E-state index in [4.69, 9.17) is 21.1 Å². The molecule has 142 valence electrons. The Labute approximate surface area is 167 Å². The average molecular weight is 395 g/mol. The molecule has 0 saturated heterocycles. The second-order valence-corrected chi connectivity index (χ2v) is 6.60. The standard InChI is InChI=1S/C21H19ClN4O2/c1-27-17-6-5-13(8-18(17)28-2)11-24-20-10-14(9-19(22)26-20)16-12-25-21-15(16)4-3-7-23-21/h3-10,12H,11H2,1-2H3,(H,23,25)(H,24,26). The lowest BCUT2D eigenvalue weighted by Crippen LogP contribution is -2.02. The summed E-state index contributed by atoms with van der Waals surface area (Å²) < 4.78 is 10.6. The van der Waals surface area contributed by atoms with Crippen molar-refractivity contribution >= 4 is 28.5 Å². The zero-order chi connectivity index (χ0) is 19.5. The van der Waals surface area contributed by atoms with Crippen LogP contribution in [0.1, 0.15) is 5.56 Å². The summed E-state index contributed by atoms with van der Waals surface area (Å²) >= 11 is 6.27. The molecule has 4 rings (SSSR count). The quantitative estimate of drug-likeness (QED) is 0.455. The first kappa shape index (κ1) is 18.1. The Kier molecular flexibility index (Phi) is 5.04. The van der Waals surface area contributed by atoms with Crippen molar-refractivity contribution in [1.29, 1.82) is 0 Å². The molecule has 0 radical (unpaired) electrons. The first-order chi connectivity index (χ1) is 13.7. The van der Waals surface area contributed by atoms with Crippen molar-refractivity contribution in [1.82, 2.24) is 15.0 Å². The van der Waals surface area contributed by atoms with E-state index in [0.717, 1.165) is 27.7 Å². The van der Waals surface area contributed by atoms with E-state index in [1.807, 2.05) is 48.7 Å². The average Bonchev–Trinajstić information content (AvgIpc) is 3.16. The molecular formula is C21H19ClN4O2. The molecule has 0 bridgehead atoms. The van der Waals surface area contributed by atoms with Gasteiger partial charge < -0.3 is 19.8 Å². The summed E-state index contributed by atoms with van der Waals surface area (Å²) in [4.78, 5) is 11.9. The molecular weight excluding hydrogens is 376 g/mol. The Hall–Kier alpha value is -3.25. The lowest BCUT2D eigenvalue weighted by molar-refractivity contribution is 0.354. The Bertz CT molecular complexity index is 1130. The smallest absolute Gasteiger partial charge is 0.161 e. The largest absolute Gasteiger partial charge is 0.493 e. The summed E-state index contributed by atoms with van der Waals surface area (Å²) in [5.74, 6) is 2.07. The number of hydrogen-bond acceptors (Lipinski definition) is 5.